The lowest BCUT2D eigenvalue weighted by atomic mass is 10.0. The Labute approximate surface area is 110 Å². The quantitative estimate of drug-likeness (QED) is 0.859. The number of hydrogen-bond donors (Lipinski definition) is 1. The van der Waals surface area contributed by atoms with E-state index in [9.17, 15) is 8.78 Å². The molecule has 2 N–H and O–H groups in total. The van der Waals surface area contributed by atoms with Crippen molar-refractivity contribution in [2.24, 2.45) is 5.92 Å². The molecule has 0 amide bonds. The van der Waals surface area contributed by atoms with Crippen molar-refractivity contribution in [3.8, 4) is 11.3 Å². The van der Waals surface area contributed by atoms with Gasteiger partial charge in [-0.15, -0.1) is 0 Å². The zero-order chi connectivity index (χ0) is 13.6. The number of hydrogen-bond acceptors (Lipinski definition) is 2. The van der Waals surface area contributed by atoms with Gasteiger partial charge in [-0.05, 0) is 30.5 Å². The summed E-state index contributed by atoms with van der Waals surface area (Å²) in [5.74, 6) is 0.279. The maximum absolute atomic E-state index is 13.3. The monoisotopic (exact) mass is 263 g/mol. The highest BCUT2D eigenvalue weighted by Crippen LogP contribution is 2.31. The first-order chi connectivity index (χ1) is 9.06. The van der Waals surface area contributed by atoms with Gasteiger partial charge in [-0.25, -0.2) is 13.8 Å². The molecular formula is C14H15F2N3. The van der Waals surface area contributed by atoms with Crippen molar-refractivity contribution < 1.29 is 8.78 Å². The maximum atomic E-state index is 13.3. The van der Waals surface area contributed by atoms with E-state index < -0.39 is 11.6 Å². The second-order valence-electron chi connectivity index (χ2n) is 5.15. The summed E-state index contributed by atoms with van der Waals surface area (Å²) < 4.78 is 28.2. The fourth-order valence-electron chi connectivity index (χ4n) is 2.54. The Bertz CT molecular complexity index is 634. The molecule has 2 aromatic rings. The third-order valence-electron chi connectivity index (χ3n) is 3.63. The van der Waals surface area contributed by atoms with E-state index in [4.69, 9.17) is 5.73 Å². The summed E-state index contributed by atoms with van der Waals surface area (Å²) in [6.07, 6.45) is 1.95. The van der Waals surface area contributed by atoms with Crippen LogP contribution < -0.4 is 5.73 Å². The number of aromatic nitrogens is 2. The van der Waals surface area contributed by atoms with Crippen LogP contribution in [0.5, 0.6) is 0 Å². The van der Waals surface area contributed by atoms with Gasteiger partial charge in [0.1, 0.15) is 17.3 Å². The van der Waals surface area contributed by atoms with E-state index in [0.717, 1.165) is 37.3 Å². The molecule has 100 valence electrons. The first-order valence-electron chi connectivity index (χ1n) is 6.36. The number of rotatable bonds is 1. The van der Waals surface area contributed by atoms with Gasteiger partial charge >= 0.3 is 0 Å². The molecule has 1 atom stereocenters. The molecule has 1 unspecified atom stereocenters. The average Bonchev–Trinajstić information content (AvgIpc) is 2.70. The van der Waals surface area contributed by atoms with Gasteiger partial charge in [0.15, 0.2) is 11.6 Å². The van der Waals surface area contributed by atoms with E-state index in [1.54, 1.807) is 0 Å². The van der Waals surface area contributed by atoms with Crippen LogP contribution in [-0.4, -0.2) is 9.55 Å². The first kappa shape index (κ1) is 12.1. The van der Waals surface area contributed by atoms with Crippen LogP contribution in [0.15, 0.2) is 18.2 Å². The van der Waals surface area contributed by atoms with Crippen molar-refractivity contribution in [2.75, 3.05) is 5.73 Å². The second kappa shape index (κ2) is 4.33. The number of anilines is 1. The molecule has 1 aliphatic heterocycles. The van der Waals surface area contributed by atoms with E-state index in [0.29, 0.717) is 23.0 Å². The minimum Gasteiger partial charge on any atom is -0.383 e. The van der Waals surface area contributed by atoms with Gasteiger partial charge in [-0.1, -0.05) is 6.92 Å². The van der Waals surface area contributed by atoms with Crippen molar-refractivity contribution in [1.82, 2.24) is 9.55 Å². The SMILES string of the molecule is CC1CCc2nc(-c3ccc(F)c(F)c3)c(N)n2C1. The van der Waals surface area contributed by atoms with Crippen LogP contribution in [0.2, 0.25) is 0 Å². The summed E-state index contributed by atoms with van der Waals surface area (Å²) in [7, 11) is 0. The minimum atomic E-state index is -0.878. The van der Waals surface area contributed by atoms with Crippen LogP contribution in [0.25, 0.3) is 11.3 Å². The minimum absolute atomic E-state index is 0.519. The van der Waals surface area contributed by atoms with Crippen molar-refractivity contribution in [3.05, 3.63) is 35.7 Å². The molecule has 3 nitrogen and oxygen atoms in total. The largest absolute Gasteiger partial charge is 0.383 e. The second-order valence-corrected chi connectivity index (χ2v) is 5.15. The summed E-state index contributed by atoms with van der Waals surface area (Å²) in [5, 5.41) is 0. The Kier molecular flexibility index (Phi) is 2.77. The molecule has 1 aromatic carbocycles. The predicted octanol–water partition coefficient (Wildman–Crippen LogP) is 2.99. The third-order valence-corrected chi connectivity index (χ3v) is 3.63. The van der Waals surface area contributed by atoms with Gasteiger partial charge in [-0.2, -0.15) is 0 Å². The van der Waals surface area contributed by atoms with Gasteiger partial charge in [0, 0.05) is 18.5 Å². The van der Waals surface area contributed by atoms with Crippen LogP contribution >= 0.6 is 0 Å². The van der Waals surface area contributed by atoms with Gasteiger partial charge < -0.3 is 10.3 Å². The molecule has 0 bridgehead atoms. The highest BCUT2D eigenvalue weighted by molar-refractivity contribution is 5.71. The molecule has 0 saturated heterocycles. The third kappa shape index (κ3) is 1.99. The number of halogens is 2. The molecule has 2 heterocycles. The van der Waals surface area contributed by atoms with E-state index in [1.807, 2.05) is 4.57 Å². The van der Waals surface area contributed by atoms with Gasteiger partial charge in [0.05, 0.1) is 0 Å². The van der Waals surface area contributed by atoms with E-state index in [1.165, 1.54) is 6.07 Å². The fraction of sp³-hybridized carbons (Fsp3) is 0.357. The number of benzene rings is 1. The van der Waals surface area contributed by atoms with Crippen molar-refractivity contribution in [3.63, 3.8) is 0 Å². The number of nitrogens with two attached hydrogens (primary N) is 1. The van der Waals surface area contributed by atoms with E-state index in [2.05, 4.69) is 11.9 Å². The van der Waals surface area contributed by atoms with Crippen LogP contribution in [0.1, 0.15) is 19.2 Å². The Hall–Kier alpha value is -1.91. The number of nitrogens with zero attached hydrogens (tertiary/aromatic N) is 2. The molecular weight excluding hydrogens is 248 g/mol. The first-order valence-corrected chi connectivity index (χ1v) is 6.36. The summed E-state index contributed by atoms with van der Waals surface area (Å²) in [4.78, 5) is 4.47. The fourth-order valence-corrected chi connectivity index (χ4v) is 2.54. The molecule has 3 rings (SSSR count). The number of fused-ring (bicyclic) bond motifs is 1. The Balaban J connectivity index is 2.08. The highest BCUT2D eigenvalue weighted by atomic mass is 19.2. The summed E-state index contributed by atoms with van der Waals surface area (Å²) in [5.41, 5.74) is 7.15. The van der Waals surface area contributed by atoms with E-state index >= 15 is 0 Å². The maximum Gasteiger partial charge on any atom is 0.159 e. The number of aryl methyl sites for hydroxylation is 1. The van der Waals surface area contributed by atoms with Crippen LogP contribution in [0.3, 0.4) is 0 Å². The Morgan fingerprint density at radius 3 is 2.84 bits per heavy atom. The normalized spacial score (nSPS) is 18.4. The molecule has 0 spiro atoms. The number of nitrogen functional groups attached to an aromatic ring is 1. The summed E-state index contributed by atoms with van der Waals surface area (Å²) in [6, 6.07) is 3.75. The Morgan fingerprint density at radius 1 is 1.32 bits per heavy atom. The van der Waals surface area contributed by atoms with Crippen molar-refractivity contribution in [2.45, 2.75) is 26.3 Å². The summed E-state index contributed by atoms with van der Waals surface area (Å²) in [6.45, 7) is 3.00. The molecule has 1 aliphatic rings. The van der Waals surface area contributed by atoms with Crippen LogP contribution in [0.4, 0.5) is 14.6 Å². The lowest BCUT2D eigenvalue weighted by Gasteiger charge is -2.20. The van der Waals surface area contributed by atoms with Gasteiger partial charge in [-0.3, -0.25) is 0 Å². The van der Waals surface area contributed by atoms with Gasteiger partial charge in [0.25, 0.3) is 0 Å². The predicted molar refractivity (Wildman–Crippen MR) is 69.5 cm³/mol. The molecule has 0 fully saturated rings. The average molecular weight is 263 g/mol. The topological polar surface area (TPSA) is 43.8 Å². The molecule has 19 heavy (non-hydrogen) atoms. The molecule has 0 saturated carbocycles. The zero-order valence-corrected chi connectivity index (χ0v) is 10.7. The van der Waals surface area contributed by atoms with Crippen molar-refractivity contribution >= 4 is 5.82 Å². The zero-order valence-electron chi connectivity index (χ0n) is 10.7. The van der Waals surface area contributed by atoms with E-state index in [-0.39, 0.29) is 0 Å². The van der Waals surface area contributed by atoms with Crippen molar-refractivity contribution in [1.29, 1.82) is 0 Å². The molecule has 0 radical (unpaired) electrons. The highest BCUT2D eigenvalue weighted by Gasteiger charge is 2.22. The summed E-state index contributed by atoms with van der Waals surface area (Å²) >= 11 is 0. The number of imidazole rings is 1. The lowest BCUT2D eigenvalue weighted by molar-refractivity contribution is 0.397. The van der Waals surface area contributed by atoms with Crippen LogP contribution in [-0.2, 0) is 13.0 Å². The molecule has 5 heteroatoms. The Morgan fingerprint density at radius 2 is 2.11 bits per heavy atom. The van der Waals surface area contributed by atoms with Gasteiger partial charge in [0.2, 0.25) is 0 Å². The molecule has 1 aromatic heterocycles. The molecule has 0 aliphatic carbocycles. The van der Waals surface area contributed by atoms with Crippen LogP contribution in [0, 0.1) is 17.6 Å². The smallest absolute Gasteiger partial charge is 0.159 e. The lowest BCUT2D eigenvalue weighted by Crippen LogP contribution is -2.19. The standard InChI is InChI=1S/C14H15F2N3/c1-8-2-5-12-18-13(14(17)19(12)7-8)9-3-4-10(15)11(16)6-9/h3-4,6,8H,2,5,7,17H2,1H3.